The van der Waals surface area contributed by atoms with E-state index >= 15 is 0 Å². The maximum atomic E-state index is 5.38. The summed E-state index contributed by atoms with van der Waals surface area (Å²) in [6.07, 6.45) is 6.23. The summed E-state index contributed by atoms with van der Waals surface area (Å²) in [7, 11) is 0. The van der Waals surface area contributed by atoms with Crippen molar-refractivity contribution >= 4 is 0 Å². The lowest BCUT2D eigenvalue weighted by Gasteiger charge is -2.24. The zero-order valence-corrected chi connectivity index (χ0v) is 10.9. The Morgan fingerprint density at radius 2 is 2.47 bits per heavy atom. The molecule has 1 aromatic heterocycles. The smallest absolute Gasteiger partial charge is 0.0948 e. The minimum Gasteiger partial charge on any atom is -0.382 e. The third kappa shape index (κ3) is 2.87. The Labute approximate surface area is 103 Å². The van der Waals surface area contributed by atoms with Gasteiger partial charge in [-0.3, -0.25) is 0 Å². The third-order valence-corrected chi connectivity index (χ3v) is 3.59. The number of rotatable bonds is 6. The van der Waals surface area contributed by atoms with Gasteiger partial charge in [-0.25, -0.2) is 4.98 Å². The van der Waals surface area contributed by atoms with Crippen molar-refractivity contribution in [1.82, 2.24) is 14.9 Å². The normalized spacial score (nSPS) is 24.4. The summed E-state index contributed by atoms with van der Waals surface area (Å²) < 4.78 is 7.66. The van der Waals surface area contributed by atoms with Gasteiger partial charge in [0.2, 0.25) is 0 Å². The predicted molar refractivity (Wildman–Crippen MR) is 68.2 cm³/mol. The second-order valence-electron chi connectivity index (χ2n) is 5.01. The summed E-state index contributed by atoms with van der Waals surface area (Å²) in [5.74, 6) is 0. The van der Waals surface area contributed by atoms with E-state index in [0.717, 1.165) is 39.3 Å². The van der Waals surface area contributed by atoms with Crippen molar-refractivity contribution in [3.8, 4) is 0 Å². The summed E-state index contributed by atoms with van der Waals surface area (Å²) in [4.78, 5) is 4.31. The Kier molecular flexibility index (Phi) is 4.18. The number of aryl methyl sites for hydroxylation is 1. The molecular weight excluding hydrogens is 214 g/mol. The molecule has 0 saturated carbocycles. The molecule has 1 unspecified atom stereocenters. The highest BCUT2D eigenvalue weighted by Gasteiger charge is 2.33. The quantitative estimate of drug-likeness (QED) is 0.763. The molecule has 0 radical (unpaired) electrons. The van der Waals surface area contributed by atoms with Crippen LogP contribution in [-0.4, -0.2) is 35.9 Å². The van der Waals surface area contributed by atoms with Crippen molar-refractivity contribution < 1.29 is 4.74 Å². The van der Waals surface area contributed by atoms with E-state index in [2.05, 4.69) is 21.8 Å². The minimum absolute atomic E-state index is 0.252. The van der Waals surface area contributed by atoms with Gasteiger partial charge in [0.1, 0.15) is 0 Å². The Balaban J connectivity index is 1.96. The molecule has 1 N–H and O–H groups in total. The van der Waals surface area contributed by atoms with Crippen molar-refractivity contribution in [2.75, 3.05) is 26.3 Å². The summed E-state index contributed by atoms with van der Waals surface area (Å²) in [5.41, 5.74) is 1.61. The first-order valence-electron chi connectivity index (χ1n) is 6.55. The molecule has 1 aromatic rings. The topological polar surface area (TPSA) is 39.1 Å². The van der Waals surface area contributed by atoms with Gasteiger partial charge in [0.05, 0.1) is 6.33 Å². The summed E-state index contributed by atoms with van der Waals surface area (Å²) in [6, 6.07) is 0. The fraction of sp³-hybridized carbons (Fsp3) is 0.769. The van der Waals surface area contributed by atoms with Crippen molar-refractivity contribution in [3.63, 3.8) is 0 Å². The van der Waals surface area contributed by atoms with Crippen LogP contribution in [0.1, 0.15) is 32.4 Å². The molecule has 1 aliphatic rings. The van der Waals surface area contributed by atoms with E-state index in [0.29, 0.717) is 0 Å². The van der Waals surface area contributed by atoms with Crippen LogP contribution in [-0.2, 0) is 16.7 Å². The monoisotopic (exact) mass is 237 g/mol. The zero-order chi connectivity index (χ0) is 12.1. The van der Waals surface area contributed by atoms with Crippen molar-refractivity contribution in [2.24, 2.45) is 0 Å². The molecule has 17 heavy (non-hydrogen) atoms. The second-order valence-corrected chi connectivity index (χ2v) is 5.01. The number of hydrogen-bond donors (Lipinski definition) is 1. The molecule has 2 heterocycles. The zero-order valence-electron chi connectivity index (χ0n) is 10.9. The predicted octanol–water partition coefficient (Wildman–Crippen LogP) is 1.56. The van der Waals surface area contributed by atoms with Crippen LogP contribution in [0, 0.1) is 0 Å². The average molecular weight is 237 g/mol. The molecule has 1 saturated heterocycles. The van der Waals surface area contributed by atoms with Gasteiger partial charge in [-0.1, -0.05) is 6.92 Å². The highest BCUT2D eigenvalue weighted by molar-refractivity contribution is 5.17. The number of ether oxygens (including phenoxy) is 1. The molecule has 0 aliphatic carbocycles. The molecule has 2 rings (SSSR count). The van der Waals surface area contributed by atoms with Crippen LogP contribution in [0.5, 0.6) is 0 Å². The number of nitrogens with zero attached hydrogens (tertiary/aromatic N) is 2. The number of nitrogens with one attached hydrogen (secondary N) is 1. The molecule has 4 heteroatoms. The van der Waals surface area contributed by atoms with E-state index in [4.69, 9.17) is 4.74 Å². The van der Waals surface area contributed by atoms with Crippen LogP contribution in [0.2, 0.25) is 0 Å². The van der Waals surface area contributed by atoms with Crippen LogP contribution in [0.15, 0.2) is 12.5 Å². The fourth-order valence-corrected chi connectivity index (χ4v) is 2.52. The molecular formula is C13H23N3O. The van der Waals surface area contributed by atoms with E-state index in [1.165, 1.54) is 12.1 Å². The van der Waals surface area contributed by atoms with E-state index in [9.17, 15) is 0 Å². The molecule has 0 spiro atoms. The Morgan fingerprint density at radius 1 is 1.59 bits per heavy atom. The van der Waals surface area contributed by atoms with Gasteiger partial charge < -0.3 is 14.6 Å². The van der Waals surface area contributed by atoms with E-state index in [-0.39, 0.29) is 5.41 Å². The SMILES string of the molecule is CCOCCCn1cncc1C1(C)CCNC1. The van der Waals surface area contributed by atoms with Crippen LogP contribution < -0.4 is 5.32 Å². The van der Waals surface area contributed by atoms with Gasteiger partial charge in [-0.05, 0) is 26.3 Å². The minimum atomic E-state index is 0.252. The fourth-order valence-electron chi connectivity index (χ4n) is 2.52. The molecule has 1 aliphatic heterocycles. The molecule has 1 atom stereocenters. The standard InChI is InChI=1S/C13H23N3O/c1-3-17-8-4-7-16-11-15-9-12(16)13(2)5-6-14-10-13/h9,11,14H,3-8,10H2,1-2H3. The van der Waals surface area contributed by atoms with Crippen molar-refractivity contribution in [2.45, 2.75) is 38.6 Å². The lowest BCUT2D eigenvalue weighted by Crippen LogP contribution is -2.28. The van der Waals surface area contributed by atoms with E-state index in [1.807, 2.05) is 19.4 Å². The van der Waals surface area contributed by atoms with E-state index < -0.39 is 0 Å². The molecule has 0 aromatic carbocycles. The maximum Gasteiger partial charge on any atom is 0.0948 e. The molecule has 96 valence electrons. The van der Waals surface area contributed by atoms with E-state index in [1.54, 1.807) is 0 Å². The van der Waals surface area contributed by atoms with Crippen LogP contribution >= 0.6 is 0 Å². The van der Waals surface area contributed by atoms with Crippen LogP contribution in [0.3, 0.4) is 0 Å². The van der Waals surface area contributed by atoms with Gasteiger partial charge in [0.25, 0.3) is 0 Å². The first-order valence-corrected chi connectivity index (χ1v) is 6.55. The highest BCUT2D eigenvalue weighted by atomic mass is 16.5. The summed E-state index contributed by atoms with van der Waals surface area (Å²) in [6.45, 7) is 9.17. The average Bonchev–Trinajstić information content (AvgIpc) is 2.94. The molecule has 1 fully saturated rings. The molecule has 0 amide bonds. The maximum absolute atomic E-state index is 5.38. The largest absolute Gasteiger partial charge is 0.382 e. The Hall–Kier alpha value is -0.870. The van der Waals surface area contributed by atoms with Crippen LogP contribution in [0.25, 0.3) is 0 Å². The lowest BCUT2D eigenvalue weighted by molar-refractivity contribution is 0.141. The Bertz CT molecular complexity index is 342. The Morgan fingerprint density at radius 3 is 3.18 bits per heavy atom. The lowest BCUT2D eigenvalue weighted by atomic mass is 9.86. The number of hydrogen-bond acceptors (Lipinski definition) is 3. The van der Waals surface area contributed by atoms with Gasteiger partial charge in [0.15, 0.2) is 0 Å². The number of aromatic nitrogens is 2. The van der Waals surface area contributed by atoms with Crippen molar-refractivity contribution in [3.05, 3.63) is 18.2 Å². The van der Waals surface area contributed by atoms with Gasteiger partial charge >= 0.3 is 0 Å². The van der Waals surface area contributed by atoms with Gasteiger partial charge in [-0.15, -0.1) is 0 Å². The highest BCUT2D eigenvalue weighted by Crippen LogP contribution is 2.29. The third-order valence-electron chi connectivity index (χ3n) is 3.59. The first kappa shape index (κ1) is 12.6. The summed E-state index contributed by atoms with van der Waals surface area (Å²) in [5, 5.41) is 3.44. The number of imidazole rings is 1. The van der Waals surface area contributed by atoms with Gasteiger partial charge in [0, 0.05) is 43.6 Å². The van der Waals surface area contributed by atoms with Crippen molar-refractivity contribution in [1.29, 1.82) is 0 Å². The molecule has 0 bridgehead atoms. The van der Waals surface area contributed by atoms with Crippen LogP contribution in [0.4, 0.5) is 0 Å². The van der Waals surface area contributed by atoms with Gasteiger partial charge in [-0.2, -0.15) is 0 Å². The second kappa shape index (κ2) is 5.65. The molecule has 4 nitrogen and oxygen atoms in total. The first-order chi connectivity index (χ1) is 8.26. The summed E-state index contributed by atoms with van der Waals surface area (Å²) >= 11 is 0.